The highest BCUT2D eigenvalue weighted by atomic mass is 16.6. The maximum absolute atomic E-state index is 14.1. The predicted molar refractivity (Wildman–Crippen MR) is 168 cm³/mol. The van der Waals surface area contributed by atoms with Gasteiger partial charge in [0.2, 0.25) is 0 Å². The van der Waals surface area contributed by atoms with Gasteiger partial charge in [-0.15, -0.1) is 0 Å². The molecule has 3 fully saturated rings. The Labute approximate surface area is 261 Å². The number of carbonyl (C=O) groups excluding carboxylic acids is 2. The van der Waals surface area contributed by atoms with Crippen molar-refractivity contribution < 1.29 is 23.8 Å². The zero-order chi connectivity index (χ0) is 30.8. The van der Waals surface area contributed by atoms with Gasteiger partial charge in [0.05, 0.1) is 24.6 Å². The number of esters is 1. The Bertz CT molecular complexity index is 1550. The Morgan fingerprint density at radius 2 is 1.98 bits per heavy atom. The van der Waals surface area contributed by atoms with Crippen molar-refractivity contribution in [3.05, 3.63) is 58.7 Å². The Morgan fingerprint density at radius 3 is 2.68 bits per heavy atom. The van der Waals surface area contributed by atoms with Crippen LogP contribution in [0.1, 0.15) is 75.1 Å². The van der Waals surface area contributed by atoms with Crippen molar-refractivity contribution in [2.24, 2.45) is 11.8 Å². The second-order valence-electron chi connectivity index (χ2n) is 14.1. The Balaban J connectivity index is 1.35. The summed E-state index contributed by atoms with van der Waals surface area (Å²) in [5, 5.41) is 0. The van der Waals surface area contributed by atoms with E-state index >= 15 is 0 Å². The molecule has 7 rings (SSSR count). The molecule has 1 spiro atoms. The van der Waals surface area contributed by atoms with E-state index in [0.717, 1.165) is 54.3 Å². The number of aryl methyl sites for hydroxylation is 1. The number of hydrogen-bond donors (Lipinski definition) is 0. The maximum atomic E-state index is 14.1. The summed E-state index contributed by atoms with van der Waals surface area (Å²) in [6, 6.07) is 12.0. The van der Waals surface area contributed by atoms with Gasteiger partial charge < -0.3 is 19.1 Å². The third-order valence-corrected chi connectivity index (χ3v) is 10.8. The van der Waals surface area contributed by atoms with E-state index in [1.54, 1.807) is 14.0 Å². The van der Waals surface area contributed by atoms with Crippen LogP contribution in [-0.2, 0) is 26.2 Å². The monoisotopic (exact) mass is 596 g/mol. The first-order valence-corrected chi connectivity index (χ1v) is 16.4. The molecule has 2 aliphatic heterocycles. The lowest BCUT2D eigenvalue weighted by Gasteiger charge is -2.65. The summed E-state index contributed by atoms with van der Waals surface area (Å²) in [6.07, 6.45) is 5.13. The van der Waals surface area contributed by atoms with E-state index in [1.807, 2.05) is 42.2 Å². The number of carbonyl (C=O) groups is 2. The Kier molecular flexibility index (Phi) is 7.20. The summed E-state index contributed by atoms with van der Waals surface area (Å²) in [4.78, 5) is 31.7. The van der Waals surface area contributed by atoms with Crippen LogP contribution in [0, 0.1) is 30.6 Å². The third kappa shape index (κ3) is 4.52. The standard InChI is InChI=1S/C37H44N2O5/c1-23(2)21-39(32(41)14-11-26-8-6-7-24(3)19-26)29-15-16-37(44-25(4)40)31-20-28-12-13-30(42-5)34-33(28)36(37,35(29)43-34)17-18-38(31)22-27-9-10-27/h6-8,12-13,19,23,27,29,31,35H,9-10,15-18,20-22H2,1-5H3/t29-,31-,35+,36+,37-/m1/s1. The molecule has 2 heterocycles. The van der Waals surface area contributed by atoms with Gasteiger partial charge in [0, 0.05) is 37.1 Å². The van der Waals surface area contributed by atoms with Gasteiger partial charge in [-0.1, -0.05) is 38.0 Å². The van der Waals surface area contributed by atoms with Crippen molar-refractivity contribution in [3.63, 3.8) is 0 Å². The van der Waals surface area contributed by atoms with Gasteiger partial charge in [-0.25, -0.2) is 0 Å². The van der Waals surface area contributed by atoms with E-state index < -0.39 is 11.0 Å². The molecule has 7 heteroatoms. The number of benzene rings is 2. The minimum atomic E-state index is -0.739. The molecule has 1 amide bonds. The van der Waals surface area contributed by atoms with Gasteiger partial charge in [-0.2, -0.15) is 0 Å². The molecular weight excluding hydrogens is 552 g/mol. The first-order chi connectivity index (χ1) is 21.2. The normalized spacial score (nSPS) is 29.6. The number of nitrogens with zero attached hydrogens (tertiary/aromatic N) is 2. The molecular formula is C37H44N2O5. The molecule has 0 aromatic heterocycles. The van der Waals surface area contributed by atoms with Gasteiger partial charge in [-0.3, -0.25) is 14.5 Å². The summed E-state index contributed by atoms with van der Waals surface area (Å²) in [5.74, 6) is 8.10. The number of piperidine rings is 1. The number of hydrogen-bond acceptors (Lipinski definition) is 6. The number of amides is 1. The average Bonchev–Trinajstić information content (AvgIpc) is 3.73. The molecule has 0 radical (unpaired) electrons. The predicted octanol–water partition coefficient (Wildman–Crippen LogP) is 5.04. The van der Waals surface area contributed by atoms with Crippen molar-refractivity contribution in [1.29, 1.82) is 0 Å². The highest BCUT2D eigenvalue weighted by molar-refractivity contribution is 5.94. The Morgan fingerprint density at radius 1 is 1.16 bits per heavy atom. The number of likely N-dealkylation sites (tertiary alicyclic amines) is 1. The summed E-state index contributed by atoms with van der Waals surface area (Å²) in [7, 11) is 1.68. The zero-order valence-electron chi connectivity index (χ0n) is 26.7. The number of rotatable bonds is 7. The van der Waals surface area contributed by atoms with Gasteiger partial charge >= 0.3 is 5.97 Å². The fourth-order valence-corrected chi connectivity index (χ4v) is 9.04. The minimum absolute atomic E-state index is 0.0648. The summed E-state index contributed by atoms with van der Waals surface area (Å²) < 4.78 is 19.6. The summed E-state index contributed by atoms with van der Waals surface area (Å²) in [6.45, 7) is 10.4. The van der Waals surface area contributed by atoms with Gasteiger partial charge in [0.1, 0.15) is 11.7 Å². The first kappa shape index (κ1) is 29.2. The molecule has 3 aliphatic carbocycles. The molecule has 2 aromatic rings. The van der Waals surface area contributed by atoms with E-state index in [-0.39, 0.29) is 36.0 Å². The van der Waals surface area contributed by atoms with Crippen molar-refractivity contribution >= 4 is 11.9 Å². The topological polar surface area (TPSA) is 68.3 Å². The molecule has 1 saturated heterocycles. The SMILES string of the molecule is COc1ccc2c3c1O[C@H]1[C@H](N(CC(C)C)C(=O)C#Cc4cccc(C)c4)CC[C@@]4(OC(C)=O)[C@@H](C2)N(CC2CC2)CC[C@]314. The molecule has 0 unspecified atom stereocenters. The van der Waals surface area contributed by atoms with E-state index in [2.05, 4.69) is 36.7 Å². The number of ether oxygens (including phenoxy) is 3. The van der Waals surface area contributed by atoms with Crippen LogP contribution in [0.25, 0.3) is 0 Å². The second-order valence-corrected chi connectivity index (χ2v) is 14.1. The lowest BCUT2D eigenvalue weighted by atomic mass is 9.48. The van der Waals surface area contributed by atoms with E-state index in [0.29, 0.717) is 25.1 Å². The fraction of sp³-hybridized carbons (Fsp3) is 0.568. The van der Waals surface area contributed by atoms with E-state index in [9.17, 15) is 9.59 Å². The molecule has 2 saturated carbocycles. The van der Waals surface area contributed by atoms with Crippen molar-refractivity contribution in [2.75, 3.05) is 26.7 Å². The third-order valence-electron chi connectivity index (χ3n) is 10.8. The molecule has 0 N–H and O–H groups in total. The Hall–Kier alpha value is -3.50. The minimum Gasteiger partial charge on any atom is -0.493 e. The maximum Gasteiger partial charge on any atom is 0.303 e. The first-order valence-electron chi connectivity index (χ1n) is 16.4. The lowest BCUT2D eigenvalue weighted by Crippen LogP contribution is -2.79. The highest BCUT2D eigenvalue weighted by Gasteiger charge is 2.76. The van der Waals surface area contributed by atoms with Crippen LogP contribution in [0.4, 0.5) is 0 Å². The molecule has 5 aliphatic rings. The molecule has 5 atom stereocenters. The fourth-order valence-electron chi connectivity index (χ4n) is 9.04. The van der Waals surface area contributed by atoms with E-state index in [1.165, 1.54) is 18.4 Å². The van der Waals surface area contributed by atoms with Crippen LogP contribution in [0.3, 0.4) is 0 Å². The van der Waals surface area contributed by atoms with Crippen LogP contribution in [-0.4, -0.2) is 72.2 Å². The van der Waals surface area contributed by atoms with Gasteiger partial charge in [0.25, 0.3) is 5.91 Å². The largest absolute Gasteiger partial charge is 0.493 e. The molecule has 44 heavy (non-hydrogen) atoms. The lowest BCUT2D eigenvalue weighted by molar-refractivity contribution is -0.224. The zero-order valence-corrected chi connectivity index (χ0v) is 26.7. The van der Waals surface area contributed by atoms with Crippen molar-refractivity contribution in [2.45, 2.75) is 95.4 Å². The van der Waals surface area contributed by atoms with Crippen LogP contribution in [0.15, 0.2) is 36.4 Å². The van der Waals surface area contributed by atoms with Gasteiger partial charge in [-0.05, 0) is 93.2 Å². The number of methoxy groups -OCH3 is 1. The summed E-state index contributed by atoms with van der Waals surface area (Å²) in [5.41, 5.74) is 3.01. The van der Waals surface area contributed by atoms with Gasteiger partial charge in [0.15, 0.2) is 11.5 Å². The van der Waals surface area contributed by atoms with Crippen LogP contribution >= 0.6 is 0 Å². The van der Waals surface area contributed by atoms with Crippen molar-refractivity contribution in [1.82, 2.24) is 9.80 Å². The average molecular weight is 597 g/mol. The van der Waals surface area contributed by atoms with Crippen LogP contribution in [0.2, 0.25) is 0 Å². The van der Waals surface area contributed by atoms with Crippen LogP contribution < -0.4 is 9.47 Å². The molecule has 2 bridgehead atoms. The molecule has 2 aromatic carbocycles. The highest BCUT2D eigenvalue weighted by Crippen LogP contribution is 2.67. The second kappa shape index (κ2) is 10.8. The van der Waals surface area contributed by atoms with Crippen LogP contribution in [0.5, 0.6) is 11.5 Å². The molecule has 232 valence electrons. The summed E-state index contributed by atoms with van der Waals surface area (Å²) >= 11 is 0. The quantitative estimate of drug-likeness (QED) is 0.330. The molecule has 7 nitrogen and oxygen atoms in total. The smallest absolute Gasteiger partial charge is 0.303 e. The van der Waals surface area contributed by atoms with Crippen molar-refractivity contribution in [3.8, 4) is 23.3 Å². The van der Waals surface area contributed by atoms with E-state index in [4.69, 9.17) is 14.2 Å².